The first-order valence-electron chi connectivity index (χ1n) is 4.03. The largest absolute Gasteiger partial charge is 0.497 e. The third-order valence-electron chi connectivity index (χ3n) is 1.90. The highest BCUT2D eigenvalue weighted by atomic mass is 79.9. The minimum absolute atomic E-state index is 0.0184. The lowest BCUT2D eigenvalue weighted by Gasteiger charge is -2.08. The summed E-state index contributed by atoms with van der Waals surface area (Å²) < 4.78 is 5.04. The fourth-order valence-electron chi connectivity index (χ4n) is 1.25. The van der Waals surface area contributed by atoms with Crippen LogP contribution in [-0.4, -0.2) is 18.2 Å². The molecule has 0 radical (unpaired) electrons. The van der Waals surface area contributed by atoms with Crippen LogP contribution in [0.15, 0.2) is 12.1 Å². The van der Waals surface area contributed by atoms with Crippen LogP contribution in [0.1, 0.15) is 15.9 Å². The molecule has 0 heterocycles. The molecule has 1 aromatic carbocycles. The summed E-state index contributed by atoms with van der Waals surface area (Å²) in [6, 6.07) is 3.44. The summed E-state index contributed by atoms with van der Waals surface area (Å²) in [5.41, 5.74) is 1.39. The van der Waals surface area contributed by atoms with Gasteiger partial charge in [-0.3, -0.25) is 4.79 Å². The van der Waals surface area contributed by atoms with Gasteiger partial charge in [0, 0.05) is 5.56 Å². The van der Waals surface area contributed by atoms with Crippen LogP contribution in [0.25, 0.3) is 0 Å². The zero-order valence-corrected chi connectivity index (χ0v) is 10.3. The fraction of sp³-hybridized carbons (Fsp3) is 0.300. The topological polar surface area (TPSA) is 26.3 Å². The van der Waals surface area contributed by atoms with Crippen LogP contribution in [0, 0.1) is 6.92 Å². The number of aryl methyl sites for hydroxylation is 1. The second-order valence-electron chi connectivity index (χ2n) is 2.86. The van der Waals surface area contributed by atoms with E-state index in [2.05, 4.69) is 15.9 Å². The molecule has 0 saturated heterocycles. The third kappa shape index (κ3) is 2.28. The van der Waals surface area contributed by atoms with Crippen LogP contribution in [0.3, 0.4) is 0 Å². The number of ketones is 1. The van der Waals surface area contributed by atoms with Crippen LogP contribution in [0.4, 0.5) is 0 Å². The number of benzene rings is 1. The molecular weight excluding hydrogens is 267 g/mol. The van der Waals surface area contributed by atoms with Gasteiger partial charge in [0.1, 0.15) is 5.75 Å². The molecule has 0 atom stereocenters. The number of alkyl halides is 1. The van der Waals surface area contributed by atoms with Gasteiger partial charge < -0.3 is 4.74 Å². The smallest absolute Gasteiger partial charge is 0.175 e. The molecule has 0 unspecified atom stereocenters. The molecule has 1 rings (SSSR count). The van der Waals surface area contributed by atoms with Gasteiger partial charge in [-0.1, -0.05) is 27.5 Å². The lowest BCUT2D eigenvalue weighted by Crippen LogP contribution is -2.04. The highest BCUT2D eigenvalue weighted by molar-refractivity contribution is 9.09. The Morgan fingerprint density at radius 1 is 1.57 bits per heavy atom. The van der Waals surface area contributed by atoms with Crippen LogP contribution < -0.4 is 4.74 Å². The molecule has 0 spiro atoms. The number of Topliss-reactive ketones (excluding diaryl/α,β-unsaturated/α-hetero) is 1. The molecular formula is C10H10BrClO2. The van der Waals surface area contributed by atoms with Crippen molar-refractivity contribution in [1.82, 2.24) is 0 Å². The Bertz CT molecular complexity index is 340. The average molecular weight is 278 g/mol. The van der Waals surface area contributed by atoms with E-state index < -0.39 is 0 Å². The number of methoxy groups -OCH3 is 1. The predicted molar refractivity (Wildman–Crippen MR) is 60.9 cm³/mol. The van der Waals surface area contributed by atoms with Crippen molar-refractivity contribution in [2.75, 3.05) is 12.4 Å². The second kappa shape index (κ2) is 4.80. The van der Waals surface area contributed by atoms with Crippen molar-refractivity contribution in [3.8, 4) is 5.75 Å². The maximum absolute atomic E-state index is 11.5. The van der Waals surface area contributed by atoms with Crippen LogP contribution in [-0.2, 0) is 0 Å². The van der Waals surface area contributed by atoms with Gasteiger partial charge in [0.05, 0.1) is 17.5 Å². The molecule has 0 aliphatic heterocycles. The second-order valence-corrected chi connectivity index (χ2v) is 3.83. The molecule has 2 nitrogen and oxygen atoms in total. The highest BCUT2D eigenvalue weighted by Gasteiger charge is 2.13. The normalized spacial score (nSPS) is 10.0. The van der Waals surface area contributed by atoms with Crippen molar-refractivity contribution in [3.63, 3.8) is 0 Å². The van der Waals surface area contributed by atoms with Gasteiger partial charge in [-0.2, -0.15) is 0 Å². The van der Waals surface area contributed by atoms with Crippen molar-refractivity contribution in [3.05, 3.63) is 28.3 Å². The van der Waals surface area contributed by atoms with Gasteiger partial charge in [0.2, 0.25) is 0 Å². The molecule has 76 valence electrons. The number of ether oxygens (including phenoxy) is 1. The number of rotatable bonds is 3. The molecule has 0 aliphatic carbocycles. The minimum Gasteiger partial charge on any atom is -0.497 e. The fourth-order valence-corrected chi connectivity index (χ4v) is 1.89. The van der Waals surface area contributed by atoms with Gasteiger partial charge in [-0.25, -0.2) is 0 Å². The van der Waals surface area contributed by atoms with Crippen molar-refractivity contribution < 1.29 is 9.53 Å². The zero-order valence-electron chi connectivity index (χ0n) is 7.93. The Balaban J connectivity index is 3.25. The summed E-state index contributed by atoms with van der Waals surface area (Å²) in [7, 11) is 1.57. The molecule has 1 aromatic rings. The van der Waals surface area contributed by atoms with E-state index in [0.717, 1.165) is 5.56 Å². The van der Waals surface area contributed by atoms with Crippen LogP contribution in [0.2, 0.25) is 5.02 Å². The predicted octanol–water partition coefficient (Wildman–Crippen LogP) is 3.23. The van der Waals surface area contributed by atoms with Gasteiger partial charge in [0.25, 0.3) is 0 Å². The Labute approximate surface area is 96.3 Å². The lowest BCUT2D eigenvalue weighted by molar-refractivity contribution is 0.102. The van der Waals surface area contributed by atoms with Crippen LogP contribution in [0.5, 0.6) is 5.75 Å². The van der Waals surface area contributed by atoms with Crippen molar-refractivity contribution >= 4 is 33.3 Å². The molecule has 0 amide bonds. The lowest BCUT2D eigenvalue weighted by atomic mass is 10.1. The molecule has 0 aliphatic rings. The van der Waals surface area contributed by atoms with Gasteiger partial charge >= 0.3 is 0 Å². The van der Waals surface area contributed by atoms with E-state index in [9.17, 15) is 4.79 Å². The third-order valence-corrected chi connectivity index (χ3v) is 2.70. The van der Waals surface area contributed by atoms with E-state index in [1.54, 1.807) is 19.2 Å². The average Bonchev–Trinajstić information content (AvgIpc) is 2.16. The van der Waals surface area contributed by atoms with E-state index >= 15 is 0 Å². The number of hydrogen-bond acceptors (Lipinski definition) is 2. The molecule has 4 heteroatoms. The van der Waals surface area contributed by atoms with Crippen LogP contribution >= 0.6 is 27.5 Å². The van der Waals surface area contributed by atoms with Gasteiger partial charge in [-0.05, 0) is 24.6 Å². The highest BCUT2D eigenvalue weighted by Crippen LogP contribution is 2.26. The molecule has 14 heavy (non-hydrogen) atoms. The summed E-state index contributed by atoms with van der Waals surface area (Å²) in [6.45, 7) is 1.84. The van der Waals surface area contributed by atoms with Gasteiger partial charge in [0.15, 0.2) is 5.78 Å². The SMILES string of the molecule is COc1cc(C)c(C(=O)CBr)c(Cl)c1. The standard InChI is InChI=1S/C10H10BrClO2/c1-6-3-7(14-2)4-8(12)10(6)9(13)5-11/h3-4H,5H2,1-2H3. The number of halogens is 2. The van der Waals surface area contributed by atoms with E-state index in [-0.39, 0.29) is 11.1 Å². The molecule has 0 aromatic heterocycles. The Morgan fingerprint density at radius 3 is 2.64 bits per heavy atom. The summed E-state index contributed by atoms with van der Waals surface area (Å²) in [4.78, 5) is 11.5. The van der Waals surface area contributed by atoms with Crippen molar-refractivity contribution in [2.24, 2.45) is 0 Å². The van der Waals surface area contributed by atoms with E-state index in [1.807, 2.05) is 6.92 Å². The molecule has 0 saturated carbocycles. The Morgan fingerprint density at radius 2 is 2.21 bits per heavy atom. The van der Waals surface area contributed by atoms with Crippen molar-refractivity contribution in [2.45, 2.75) is 6.92 Å². The molecule has 0 N–H and O–H groups in total. The molecule has 0 fully saturated rings. The first kappa shape index (κ1) is 11.5. The van der Waals surface area contributed by atoms with E-state index in [4.69, 9.17) is 16.3 Å². The summed E-state index contributed by atoms with van der Waals surface area (Å²) in [5, 5.41) is 0.714. The van der Waals surface area contributed by atoms with Crippen molar-refractivity contribution in [1.29, 1.82) is 0 Å². The first-order chi connectivity index (χ1) is 6.60. The number of carbonyl (C=O) groups is 1. The maximum Gasteiger partial charge on any atom is 0.175 e. The zero-order chi connectivity index (χ0) is 10.7. The van der Waals surface area contributed by atoms with Gasteiger partial charge in [-0.15, -0.1) is 0 Å². The first-order valence-corrected chi connectivity index (χ1v) is 5.53. The Kier molecular flexibility index (Phi) is 3.96. The summed E-state index contributed by atoms with van der Waals surface area (Å²) in [6.07, 6.45) is 0. The van der Waals surface area contributed by atoms with E-state index in [0.29, 0.717) is 16.3 Å². The maximum atomic E-state index is 11.5. The number of carbonyl (C=O) groups excluding carboxylic acids is 1. The minimum atomic E-state index is -0.0184. The Hall–Kier alpha value is -0.540. The monoisotopic (exact) mass is 276 g/mol. The molecule has 0 bridgehead atoms. The quantitative estimate of drug-likeness (QED) is 0.626. The summed E-state index contributed by atoms with van der Waals surface area (Å²) in [5.74, 6) is 0.647. The van der Waals surface area contributed by atoms with E-state index in [1.165, 1.54) is 0 Å². The number of hydrogen-bond donors (Lipinski definition) is 0. The summed E-state index contributed by atoms with van der Waals surface area (Å²) >= 11 is 9.08.